The van der Waals surface area contributed by atoms with Crippen LogP contribution in [0, 0.1) is 0 Å². The average Bonchev–Trinajstić information content (AvgIpc) is 2.38. The van der Waals surface area contributed by atoms with E-state index in [2.05, 4.69) is 28.0 Å². The molecule has 0 radical (unpaired) electrons. The van der Waals surface area contributed by atoms with Gasteiger partial charge in [-0.3, -0.25) is 4.90 Å². The van der Waals surface area contributed by atoms with Gasteiger partial charge in [0.25, 0.3) is 0 Å². The molecule has 0 bridgehead atoms. The van der Waals surface area contributed by atoms with Crippen molar-refractivity contribution in [2.45, 2.75) is 25.3 Å². The molecule has 1 unspecified atom stereocenters. The number of hydrogen-bond acceptors (Lipinski definition) is 3. The first-order chi connectivity index (χ1) is 8.33. The standard InChI is InChI=1S/C14H21N3/c15-12-4-3-6-13(10-12)17-9-8-16-7-2-1-5-14(16)11-17/h3-4,6,10,14H,1-2,5,7-9,11,15H2. The summed E-state index contributed by atoms with van der Waals surface area (Å²) < 4.78 is 0. The molecule has 0 amide bonds. The average molecular weight is 231 g/mol. The Balaban J connectivity index is 1.73. The summed E-state index contributed by atoms with van der Waals surface area (Å²) in [7, 11) is 0. The van der Waals surface area contributed by atoms with Crippen molar-refractivity contribution in [3.05, 3.63) is 24.3 Å². The summed E-state index contributed by atoms with van der Waals surface area (Å²) in [5.74, 6) is 0. The summed E-state index contributed by atoms with van der Waals surface area (Å²) in [6.45, 7) is 4.82. The zero-order valence-corrected chi connectivity index (χ0v) is 10.3. The monoisotopic (exact) mass is 231 g/mol. The summed E-state index contributed by atoms with van der Waals surface area (Å²) in [5.41, 5.74) is 8.02. The maximum atomic E-state index is 5.86. The van der Waals surface area contributed by atoms with Gasteiger partial charge in [-0.05, 0) is 37.6 Å². The number of rotatable bonds is 1. The molecule has 2 aliphatic heterocycles. The Morgan fingerprint density at radius 1 is 1.12 bits per heavy atom. The van der Waals surface area contributed by atoms with E-state index in [0.29, 0.717) is 0 Å². The second-order valence-electron chi connectivity index (χ2n) is 5.23. The van der Waals surface area contributed by atoms with Crippen molar-refractivity contribution < 1.29 is 0 Å². The SMILES string of the molecule is Nc1cccc(N2CCN3CCCCC3C2)c1. The minimum Gasteiger partial charge on any atom is -0.399 e. The number of piperidine rings is 1. The molecule has 17 heavy (non-hydrogen) atoms. The molecular weight excluding hydrogens is 210 g/mol. The Bertz CT molecular complexity index is 391. The second-order valence-corrected chi connectivity index (χ2v) is 5.23. The van der Waals surface area contributed by atoms with Crippen molar-refractivity contribution in [2.24, 2.45) is 0 Å². The number of piperazine rings is 1. The summed E-state index contributed by atoms with van der Waals surface area (Å²) >= 11 is 0. The van der Waals surface area contributed by atoms with Gasteiger partial charge < -0.3 is 10.6 Å². The van der Waals surface area contributed by atoms with Gasteiger partial charge in [-0.25, -0.2) is 0 Å². The van der Waals surface area contributed by atoms with Crippen LogP contribution in [0.15, 0.2) is 24.3 Å². The number of fused-ring (bicyclic) bond motifs is 1. The molecule has 1 aromatic rings. The van der Waals surface area contributed by atoms with Crippen molar-refractivity contribution >= 4 is 11.4 Å². The van der Waals surface area contributed by atoms with E-state index in [1.165, 1.54) is 44.6 Å². The third-order valence-electron chi connectivity index (χ3n) is 4.07. The molecule has 2 heterocycles. The molecule has 0 aliphatic carbocycles. The smallest absolute Gasteiger partial charge is 0.0387 e. The maximum Gasteiger partial charge on any atom is 0.0387 e. The fourth-order valence-electron chi connectivity index (χ4n) is 3.11. The van der Waals surface area contributed by atoms with Gasteiger partial charge in [0.05, 0.1) is 0 Å². The van der Waals surface area contributed by atoms with Gasteiger partial charge in [0.2, 0.25) is 0 Å². The predicted molar refractivity (Wildman–Crippen MR) is 72.3 cm³/mol. The minimum absolute atomic E-state index is 0.763. The van der Waals surface area contributed by atoms with E-state index in [1.54, 1.807) is 0 Å². The molecule has 1 atom stereocenters. The van der Waals surface area contributed by atoms with Gasteiger partial charge in [0.1, 0.15) is 0 Å². The summed E-state index contributed by atoms with van der Waals surface area (Å²) in [5, 5.41) is 0. The summed E-state index contributed by atoms with van der Waals surface area (Å²) in [6.07, 6.45) is 4.14. The van der Waals surface area contributed by atoms with Crippen LogP contribution in [0.4, 0.5) is 11.4 Å². The number of nitrogens with two attached hydrogens (primary N) is 1. The normalized spacial score (nSPS) is 25.6. The van der Waals surface area contributed by atoms with E-state index < -0.39 is 0 Å². The number of nitrogen functional groups attached to an aromatic ring is 1. The van der Waals surface area contributed by atoms with E-state index in [0.717, 1.165) is 18.3 Å². The van der Waals surface area contributed by atoms with E-state index >= 15 is 0 Å². The quantitative estimate of drug-likeness (QED) is 0.750. The van der Waals surface area contributed by atoms with Crippen LogP contribution < -0.4 is 10.6 Å². The van der Waals surface area contributed by atoms with Crippen LogP contribution in [-0.4, -0.2) is 37.1 Å². The van der Waals surface area contributed by atoms with Gasteiger partial charge in [-0.1, -0.05) is 12.5 Å². The topological polar surface area (TPSA) is 32.5 Å². The lowest BCUT2D eigenvalue weighted by molar-refractivity contribution is 0.133. The summed E-state index contributed by atoms with van der Waals surface area (Å²) in [6, 6.07) is 9.05. The van der Waals surface area contributed by atoms with Crippen molar-refractivity contribution in [3.63, 3.8) is 0 Å². The summed E-state index contributed by atoms with van der Waals surface area (Å²) in [4.78, 5) is 5.15. The molecule has 2 N–H and O–H groups in total. The van der Waals surface area contributed by atoms with Crippen LogP contribution in [0.1, 0.15) is 19.3 Å². The minimum atomic E-state index is 0.763. The third kappa shape index (κ3) is 2.25. The lowest BCUT2D eigenvalue weighted by atomic mass is 9.99. The van der Waals surface area contributed by atoms with E-state index in [1.807, 2.05) is 6.07 Å². The highest BCUT2D eigenvalue weighted by atomic mass is 15.3. The molecule has 2 fully saturated rings. The Hall–Kier alpha value is -1.22. The van der Waals surface area contributed by atoms with E-state index in [-0.39, 0.29) is 0 Å². The number of benzene rings is 1. The lowest BCUT2D eigenvalue weighted by Crippen LogP contribution is -2.54. The molecule has 0 aromatic heterocycles. The number of anilines is 2. The van der Waals surface area contributed by atoms with Crippen LogP contribution in [0.3, 0.4) is 0 Å². The number of nitrogens with zero attached hydrogens (tertiary/aromatic N) is 2. The second kappa shape index (κ2) is 4.57. The molecule has 2 saturated heterocycles. The van der Waals surface area contributed by atoms with Gasteiger partial charge in [-0.15, -0.1) is 0 Å². The van der Waals surface area contributed by atoms with Crippen molar-refractivity contribution in [3.8, 4) is 0 Å². The first kappa shape index (κ1) is 10.9. The van der Waals surface area contributed by atoms with Crippen LogP contribution in [0.2, 0.25) is 0 Å². The zero-order valence-electron chi connectivity index (χ0n) is 10.3. The Morgan fingerprint density at radius 2 is 2.06 bits per heavy atom. The van der Waals surface area contributed by atoms with Gasteiger partial charge in [0.15, 0.2) is 0 Å². The van der Waals surface area contributed by atoms with Crippen LogP contribution in [0.25, 0.3) is 0 Å². The van der Waals surface area contributed by atoms with Crippen LogP contribution in [0.5, 0.6) is 0 Å². The van der Waals surface area contributed by atoms with Gasteiger partial charge in [-0.2, -0.15) is 0 Å². The van der Waals surface area contributed by atoms with Crippen LogP contribution in [-0.2, 0) is 0 Å². The van der Waals surface area contributed by atoms with Crippen molar-refractivity contribution in [2.75, 3.05) is 36.8 Å². The van der Waals surface area contributed by atoms with E-state index in [4.69, 9.17) is 5.73 Å². The number of hydrogen-bond donors (Lipinski definition) is 1. The third-order valence-corrected chi connectivity index (χ3v) is 4.07. The fourth-order valence-corrected chi connectivity index (χ4v) is 3.11. The first-order valence-corrected chi connectivity index (χ1v) is 6.67. The van der Waals surface area contributed by atoms with Gasteiger partial charge in [0, 0.05) is 37.1 Å². The largest absolute Gasteiger partial charge is 0.399 e. The Morgan fingerprint density at radius 3 is 2.94 bits per heavy atom. The van der Waals surface area contributed by atoms with Crippen molar-refractivity contribution in [1.82, 2.24) is 4.90 Å². The highest BCUT2D eigenvalue weighted by molar-refractivity contribution is 5.56. The molecule has 3 nitrogen and oxygen atoms in total. The van der Waals surface area contributed by atoms with Gasteiger partial charge >= 0.3 is 0 Å². The van der Waals surface area contributed by atoms with Crippen molar-refractivity contribution in [1.29, 1.82) is 0 Å². The maximum absolute atomic E-state index is 5.86. The lowest BCUT2D eigenvalue weighted by Gasteiger charge is -2.45. The highest BCUT2D eigenvalue weighted by Crippen LogP contribution is 2.25. The fraction of sp³-hybridized carbons (Fsp3) is 0.571. The zero-order chi connectivity index (χ0) is 11.7. The molecule has 1 aromatic carbocycles. The molecule has 3 heteroatoms. The predicted octanol–water partition coefficient (Wildman–Crippen LogP) is 1.94. The van der Waals surface area contributed by atoms with E-state index in [9.17, 15) is 0 Å². The molecule has 2 aliphatic rings. The first-order valence-electron chi connectivity index (χ1n) is 6.67. The van der Waals surface area contributed by atoms with Crippen LogP contribution >= 0.6 is 0 Å². The molecule has 92 valence electrons. The Labute approximate surface area is 103 Å². The Kier molecular flexibility index (Phi) is 2.93. The molecule has 0 spiro atoms. The molecule has 3 rings (SSSR count). The molecule has 0 saturated carbocycles. The highest BCUT2D eigenvalue weighted by Gasteiger charge is 2.28. The molecular formula is C14H21N3.